The number of hydrogen-bond acceptors (Lipinski definition) is 5. The van der Waals surface area contributed by atoms with Gasteiger partial charge in [-0.05, 0) is 56.2 Å². The van der Waals surface area contributed by atoms with Gasteiger partial charge in [-0.1, -0.05) is 53.3 Å². The highest BCUT2D eigenvalue weighted by Crippen LogP contribution is 2.31. The first-order valence-corrected chi connectivity index (χ1v) is 12.6. The van der Waals surface area contributed by atoms with Crippen LogP contribution >= 0.6 is 22.9 Å². The summed E-state index contributed by atoms with van der Waals surface area (Å²) in [5.74, 6) is -0.303. The average molecular weight is 518 g/mol. The first kappa shape index (κ1) is 24.0. The number of anilines is 1. The number of hydrogen-bond donors (Lipinski definition) is 1. The molecule has 0 saturated heterocycles. The Morgan fingerprint density at radius 1 is 1.11 bits per heavy atom. The zero-order valence-electron chi connectivity index (χ0n) is 20.2. The average Bonchev–Trinajstić information content (AvgIpc) is 3.32. The van der Waals surface area contributed by atoms with E-state index in [-0.39, 0.29) is 11.5 Å². The van der Waals surface area contributed by atoms with Gasteiger partial charge in [0.1, 0.15) is 0 Å². The first-order valence-electron chi connectivity index (χ1n) is 11.4. The number of carbonyl (C=O) groups is 1. The van der Waals surface area contributed by atoms with E-state index in [1.165, 1.54) is 11.3 Å². The lowest BCUT2D eigenvalue weighted by molar-refractivity contribution is -0.113. The highest BCUT2D eigenvalue weighted by Gasteiger charge is 2.32. The van der Waals surface area contributed by atoms with E-state index < -0.39 is 6.04 Å². The Balaban J connectivity index is 1.69. The van der Waals surface area contributed by atoms with Gasteiger partial charge < -0.3 is 5.32 Å². The molecule has 0 saturated carbocycles. The fraction of sp³-hybridized carbons (Fsp3) is 0.185. The van der Waals surface area contributed by atoms with Crippen molar-refractivity contribution in [1.29, 1.82) is 0 Å². The normalized spacial score (nSPS) is 15.6. The van der Waals surface area contributed by atoms with Gasteiger partial charge in [-0.15, -0.1) is 0 Å². The zero-order valence-corrected chi connectivity index (χ0v) is 21.8. The molecule has 0 radical (unpaired) electrons. The van der Waals surface area contributed by atoms with Crippen molar-refractivity contribution in [2.24, 2.45) is 12.0 Å². The molecule has 0 bridgehead atoms. The van der Waals surface area contributed by atoms with Gasteiger partial charge in [-0.2, -0.15) is 5.10 Å². The number of rotatable bonds is 4. The van der Waals surface area contributed by atoms with Crippen molar-refractivity contribution in [3.05, 3.63) is 113 Å². The van der Waals surface area contributed by atoms with E-state index in [1.54, 1.807) is 28.3 Å². The summed E-state index contributed by atoms with van der Waals surface area (Å²) < 4.78 is 3.84. The quantitative estimate of drug-likeness (QED) is 0.446. The molecule has 1 N–H and O–H groups in total. The molecule has 1 aliphatic heterocycles. The van der Waals surface area contributed by atoms with Gasteiger partial charge in [0.2, 0.25) is 0 Å². The molecule has 7 nitrogen and oxygen atoms in total. The number of para-hydroxylation sites is 1. The van der Waals surface area contributed by atoms with Crippen LogP contribution in [0.4, 0.5) is 5.69 Å². The largest absolute Gasteiger partial charge is 0.322 e. The summed E-state index contributed by atoms with van der Waals surface area (Å²) in [6.07, 6.45) is 3.70. The van der Waals surface area contributed by atoms with Crippen molar-refractivity contribution in [1.82, 2.24) is 14.3 Å². The molecule has 4 aromatic rings. The maximum atomic E-state index is 13.7. The molecule has 0 fully saturated rings. The number of nitrogens with zero attached hydrogens (tertiary/aromatic N) is 4. The predicted octanol–water partition coefficient (Wildman–Crippen LogP) is 3.88. The van der Waals surface area contributed by atoms with Crippen LogP contribution in [0.3, 0.4) is 0 Å². The third-order valence-corrected chi connectivity index (χ3v) is 7.42. The van der Waals surface area contributed by atoms with Crippen molar-refractivity contribution in [2.45, 2.75) is 26.8 Å². The number of nitrogens with one attached hydrogen (secondary N) is 1. The minimum absolute atomic E-state index is 0.212. The molecule has 0 aliphatic carbocycles. The Hall–Kier alpha value is -3.75. The molecule has 182 valence electrons. The van der Waals surface area contributed by atoms with Gasteiger partial charge in [-0.25, -0.2) is 4.99 Å². The molecule has 1 aliphatic rings. The number of amides is 1. The van der Waals surface area contributed by atoms with Crippen LogP contribution in [0.1, 0.15) is 35.3 Å². The summed E-state index contributed by atoms with van der Waals surface area (Å²) in [6, 6.07) is 14.1. The van der Waals surface area contributed by atoms with Crippen LogP contribution in [0.5, 0.6) is 0 Å². The molecule has 1 amide bonds. The lowest BCUT2D eigenvalue weighted by Gasteiger charge is -2.25. The number of allylic oxidation sites excluding steroid dienone is 1. The van der Waals surface area contributed by atoms with Crippen LogP contribution in [-0.2, 0) is 11.8 Å². The number of benzene rings is 2. The van der Waals surface area contributed by atoms with Crippen LogP contribution < -0.4 is 20.2 Å². The number of aryl methyl sites for hydroxylation is 3. The molecule has 2 aromatic carbocycles. The van der Waals surface area contributed by atoms with E-state index in [2.05, 4.69) is 15.4 Å². The maximum Gasteiger partial charge on any atom is 0.271 e. The molecule has 1 atom stereocenters. The zero-order chi connectivity index (χ0) is 25.6. The molecule has 0 spiro atoms. The Labute approximate surface area is 216 Å². The summed E-state index contributed by atoms with van der Waals surface area (Å²) in [5, 5.41) is 7.96. The second-order valence-corrected chi connectivity index (χ2v) is 10.2. The molecule has 1 unspecified atom stereocenters. The molecule has 2 aromatic heterocycles. The number of thiazole rings is 1. The smallest absolute Gasteiger partial charge is 0.271 e. The number of aromatic nitrogens is 3. The molecular weight excluding hydrogens is 494 g/mol. The monoisotopic (exact) mass is 517 g/mol. The lowest BCUT2D eigenvalue weighted by Crippen LogP contribution is -2.40. The van der Waals surface area contributed by atoms with Crippen LogP contribution in [0.2, 0.25) is 5.02 Å². The van der Waals surface area contributed by atoms with Gasteiger partial charge in [-0.3, -0.25) is 18.8 Å². The van der Waals surface area contributed by atoms with Crippen LogP contribution in [0.15, 0.2) is 75.8 Å². The Morgan fingerprint density at radius 3 is 2.50 bits per heavy atom. The van der Waals surface area contributed by atoms with Gasteiger partial charge >= 0.3 is 0 Å². The van der Waals surface area contributed by atoms with Crippen LogP contribution in [0, 0.1) is 13.8 Å². The van der Waals surface area contributed by atoms with E-state index >= 15 is 0 Å². The summed E-state index contributed by atoms with van der Waals surface area (Å²) in [4.78, 5) is 32.6. The predicted molar refractivity (Wildman–Crippen MR) is 143 cm³/mol. The molecular formula is C27H24ClN5O2S. The lowest BCUT2D eigenvalue weighted by atomic mass is 9.95. The molecule has 3 heterocycles. The van der Waals surface area contributed by atoms with Gasteiger partial charge in [0, 0.05) is 29.5 Å². The van der Waals surface area contributed by atoms with Gasteiger partial charge in [0.15, 0.2) is 4.80 Å². The van der Waals surface area contributed by atoms with Crippen LogP contribution in [-0.4, -0.2) is 20.3 Å². The Morgan fingerprint density at radius 2 is 1.83 bits per heavy atom. The minimum atomic E-state index is -0.653. The Kier molecular flexibility index (Phi) is 6.24. The third-order valence-electron chi connectivity index (χ3n) is 6.18. The van der Waals surface area contributed by atoms with E-state index in [0.717, 1.165) is 22.4 Å². The fourth-order valence-electron chi connectivity index (χ4n) is 4.38. The number of carbonyl (C=O) groups excluding carboxylic acids is 1. The van der Waals surface area contributed by atoms with Gasteiger partial charge in [0.05, 0.1) is 27.5 Å². The minimum Gasteiger partial charge on any atom is -0.322 e. The van der Waals surface area contributed by atoms with Crippen LogP contribution in [0.25, 0.3) is 6.08 Å². The van der Waals surface area contributed by atoms with Crippen molar-refractivity contribution < 1.29 is 4.79 Å². The fourth-order valence-corrected chi connectivity index (χ4v) is 5.54. The second kappa shape index (κ2) is 9.37. The van der Waals surface area contributed by atoms with Crippen molar-refractivity contribution in [2.75, 3.05) is 5.32 Å². The third kappa shape index (κ3) is 4.34. The first-order chi connectivity index (χ1) is 17.2. The number of fused-ring (bicyclic) bond motifs is 1. The summed E-state index contributed by atoms with van der Waals surface area (Å²) in [7, 11) is 1.84. The summed E-state index contributed by atoms with van der Waals surface area (Å²) >= 11 is 7.46. The maximum absolute atomic E-state index is 13.7. The SMILES string of the molecule is CC1=C(C(=O)Nc2ccccc2C)C(c2ccc(Cl)cc2)n2c(s/c(=C/c3cn(C)nc3C)c2=O)=N1. The summed E-state index contributed by atoms with van der Waals surface area (Å²) in [6.45, 7) is 5.64. The Bertz CT molecular complexity index is 1710. The van der Waals surface area contributed by atoms with E-state index in [0.29, 0.717) is 31.3 Å². The van der Waals surface area contributed by atoms with Gasteiger partial charge in [0.25, 0.3) is 11.5 Å². The molecule has 9 heteroatoms. The number of halogens is 1. The molecule has 36 heavy (non-hydrogen) atoms. The van der Waals surface area contributed by atoms with E-state index in [1.807, 2.05) is 69.6 Å². The van der Waals surface area contributed by atoms with E-state index in [4.69, 9.17) is 11.6 Å². The van der Waals surface area contributed by atoms with Crippen molar-refractivity contribution in [3.8, 4) is 0 Å². The van der Waals surface area contributed by atoms with Crippen molar-refractivity contribution >= 4 is 40.6 Å². The summed E-state index contributed by atoms with van der Waals surface area (Å²) in [5.41, 5.74) is 4.87. The van der Waals surface area contributed by atoms with Crippen molar-refractivity contribution in [3.63, 3.8) is 0 Å². The highest BCUT2D eigenvalue weighted by atomic mass is 35.5. The second-order valence-electron chi connectivity index (χ2n) is 8.75. The standard InChI is InChI=1S/C27H24ClN5O2S/c1-15-7-5-6-8-21(15)30-25(34)23-17(3)29-27-33(24(23)18-9-11-20(28)12-10-18)26(35)22(36-27)13-19-14-32(4)31-16(19)2/h5-14,24H,1-4H3,(H,30,34)/b22-13+. The van der Waals surface area contributed by atoms with E-state index in [9.17, 15) is 9.59 Å². The molecule has 5 rings (SSSR count). The highest BCUT2D eigenvalue weighted by molar-refractivity contribution is 7.07. The topological polar surface area (TPSA) is 81.3 Å².